The number of hydrogen-bond donors (Lipinski definition) is 1. The van der Waals surface area contributed by atoms with Crippen LogP contribution in [0, 0.1) is 6.92 Å². The number of aryl methyl sites for hydroxylation is 1. The minimum Gasteiger partial charge on any atom is -0.497 e. The number of nitrogens with zero attached hydrogens (tertiary/aromatic N) is 1. The average molecular weight is 491 g/mol. The molecule has 0 aliphatic rings. The van der Waals surface area contributed by atoms with Gasteiger partial charge in [-0.25, -0.2) is 0 Å². The van der Waals surface area contributed by atoms with Crippen molar-refractivity contribution in [2.45, 2.75) is 52.7 Å². The molecule has 0 unspecified atom stereocenters. The van der Waals surface area contributed by atoms with Gasteiger partial charge in [-0.1, -0.05) is 35.0 Å². The molecule has 0 bridgehead atoms. The van der Waals surface area contributed by atoms with Crippen LogP contribution in [0.4, 0.5) is 0 Å². The standard InChI is InChI=1S/C24H31BrN2O4/c1-6-17(3)26-24(29)18(4)27(14-19-8-7-9-20(13-19)30-5)23(28)15-31-21-10-11-22(25)16(2)12-21/h7-13,17-18H,6,14-15H2,1-5H3,(H,26,29)/t17-,18+/m1/s1. The van der Waals surface area contributed by atoms with E-state index in [2.05, 4.69) is 21.2 Å². The number of halogens is 1. The van der Waals surface area contributed by atoms with Gasteiger partial charge in [0.2, 0.25) is 5.91 Å². The first kappa shape index (κ1) is 24.7. The van der Waals surface area contributed by atoms with Crippen molar-refractivity contribution in [3.8, 4) is 11.5 Å². The molecule has 0 saturated heterocycles. The van der Waals surface area contributed by atoms with Crippen LogP contribution >= 0.6 is 15.9 Å². The summed E-state index contributed by atoms with van der Waals surface area (Å²) in [6, 6.07) is 12.4. The second-order valence-corrected chi connectivity index (χ2v) is 8.42. The Morgan fingerprint density at radius 1 is 1.13 bits per heavy atom. The zero-order chi connectivity index (χ0) is 23.0. The average Bonchev–Trinajstić information content (AvgIpc) is 2.77. The second kappa shape index (κ2) is 11.7. The van der Waals surface area contributed by atoms with E-state index in [1.165, 1.54) is 4.90 Å². The first-order chi connectivity index (χ1) is 14.7. The highest BCUT2D eigenvalue weighted by Crippen LogP contribution is 2.22. The lowest BCUT2D eigenvalue weighted by Crippen LogP contribution is -2.50. The Bertz CT molecular complexity index is 903. The Labute approximate surface area is 193 Å². The first-order valence-electron chi connectivity index (χ1n) is 10.4. The van der Waals surface area contributed by atoms with Gasteiger partial charge in [0.15, 0.2) is 6.61 Å². The predicted molar refractivity (Wildman–Crippen MR) is 125 cm³/mol. The highest BCUT2D eigenvalue weighted by Gasteiger charge is 2.27. The minimum absolute atomic E-state index is 0.0331. The molecule has 6 nitrogen and oxygen atoms in total. The van der Waals surface area contributed by atoms with Crippen LogP contribution in [0.25, 0.3) is 0 Å². The number of benzene rings is 2. The first-order valence-corrected chi connectivity index (χ1v) is 11.2. The summed E-state index contributed by atoms with van der Waals surface area (Å²) in [6.45, 7) is 7.75. The molecule has 7 heteroatoms. The number of methoxy groups -OCH3 is 1. The van der Waals surface area contributed by atoms with Crippen LogP contribution in [0.5, 0.6) is 11.5 Å². The van der Waals surface area contributed by atoms with Crippen LogP contribution in [0.3, 0.4) is 0 Å². The topological polar surface area (TPSA) is 67.9 Å². The van der Waals surface area contributed by atoms with Gasteiger partial charge < -0.3 is 19.7 Å². The van der Waals surface area contributed by atoms with Gasteiger partial charge in [-0.2, -0.15) is 0 Å². The fourth-order valence-electron chi connectivity index (χ4n) is 2.95. The predicted octanol–water partition coefficient (Wildman–Crippen LogP) is 4.48. The number of rotatable bonds is 10. The summed E-state index contributed by atoms with van der Waals surface area (Å²) in [5, 5.41) is 2.96. The van der Waals surface area contributed by atoms with E-state index in [1.54, 1.807) is 20.1 Å². The van der Waals surface area contributed by atoms with Crippen LogP contribution in [0.1, 0.15) is 38.3 Å². The molecule has 2 atom stereocenters. The number of carbonyl (C=O) groups is 2. The van der Waals surface area contributed by atoms with E-state index in [0.29, 0.717) is 11.5 Å². The molecule has 1 N–H and O–H groups in total. The smallest absolute Gasteiger partial charge is 0.261 e. The number of nitrogens with one attached hydrogen (secondary N) is 1. The summed E-state index contributed by atoms with van der Waals surface area (Å²) in [7, 11) is 1.60. The normalized spacial score (nSPS) is 12.6. The van der Waals surface area contributed by atoms with Crippen molar-refractivity contribution in [3.05, 3.63) is 58.1 Å². The van der Waals surface area contributed by atoms with Crippen LogP contribution in [-0.4, -0.2) is 42.5 Å². The molecule has 2 amide bonds. The van der Waals surface area contributed by atoms with E-state index >= 15 is 0 Å². The van der Waals surface area contributed by atoms with Crippen molar-refractivity contribution in [2.75, 3.05) is 13.7 Å². The monoisotopic (exact) mass is 490 g/mol. The lowest BCUT2D eigenvalue weighted by molar-refractivity contribution is -0.142. The number of carbonyl (C=O) groups excluding carboxylic acids is 2. The molecular formula is C24H31BrN2O4. The molecule has 0 spiro atoms. The van der Waals surface area contributed by atoms with Crippen molar-refractivity contribution in [2.24, 2.45) is 0 Å². The molecule has 31 heavy (non-hydrogen) atoms. The summed E-state index contributed by atoms with van der Waals surface area (Å²) in [5.74, 6) is 0.843. The molecule has 0 aliphatic heterocycles. The van der Waals surface area contributed by atoms with Gasteiger partial charge in [0.25, 0.3) is 5.91 Å². The summed E-state index contributed by atoms with van der Waals surface area (Å²) >= 11 is 3.46. The van der Waals surface area contributed by atoms with E-state index < -0.39 is 6.04 Å². The Kier molecular flexibility index (Phi) is 9.37. The van der Waals surface area contributed by atoms with E-state index in [9.17, 15) is 9.59 Å². The molecule has 2 aromatic rings. The Morgan fingerprint density at radius 2 is 1.87 bits per heavy atom. The fourth-order valence-corrected chi connectivity index (χ4v) is 3.20. The molecule has 0 heterocycles. The fraction of sp³-hybridized carbons (Fsp3) is 0.417. The Balaban J connectivity index is 2.18. The quantitative estimate of drug-likeness (QED) is 0.533. The lowest BCUT2D eigenvalue weighted by atomic mass is 10.1. The van der Waals surface area contributed by atoms with Crippen molar-refractivity contribution >= 4 is 27.7 Å². The SMILES string of the molecule is CC[C@@H](C)NC(=O)[C@H](C)N(Cc1cccc(OC)c1)C(=O)COc1ccc(Br)c(C)c1. The highest BCUT2D eigenvalue weighted by molar-refractivity contribution is 9.10. The van der Waals surface area contributed by atoms with Gasteiger partial charge in [0, 0.05) is 17.1 Å². The summed E-state index contributed by atoms with van der Waals surface area (Å²) in [6.07, 6.45) is 0.814. The van der Waals surface area contributed by atoms with Gasteiger partial charge in [-0.3, -0.25) is 9.59 Å². The number of hydrogen-bond acceptors (Lipinski definition) is 4. The maximum Gasteiger partial charge on any atom is 0.261 e. The van der Waals surface area contributed by atoms with Crippen molar-refractivity contribution < 1.29 is 19.1 Å². The number of ether oxygens (including phenoxy) is 2. The van der Waals surface area contributed by atoms with E-state index in [-0.39, 0.29) is 31.0 Å². The summed E-state index contributed by atoms with van der Waals surface area (Å²) < 4.78 is 12.0. The van der Waals surface area contributed by atoms with Gasteiger partial charge >= 0.3 is 0 Å². The molecule has 0 radical (unpaired) electrons. The molecule has 168 valence electrons. The summed E-state index contributed by atoms with van der Waals surface area (Å²) in [5.41, 5.74) is 1.88. The van der Waals surface area contributed by atoms with E-state index in [1.807, 2.05) is 57.2 Å². The third-order valence-electron chi connectivity index (χ3n) is 5.15. The maximum atomic E-state index is 13.1. The van der Waals surface area contributed by atoms with E-state index in [4.69, 9.17) is 9.47 Å². The highest BCUT2D eigenvalue weighted by atomic mass is 79.9. The zero-order valence-corrected chi connectivity index (χ0v) is 20.4. The van der Waals surface area contributed by atoms with Gasteiger partial charge in [-0.05, 0) is 68.7 Å². The maximum absolute atomic E-state index is 13.1. The van der Waals surface area contributed by atoms with Gasteiger partial charge in [-0.15, -0.1) is 0 Å². The summed E-state index contributed by atoms with van der Waals surface area (Å²) in [4.78, 5) is 27.4. The zero-order valence-electron chi connectivity index (χ0n) is 18.8. The van der Waals surface area contributed by atoms with Crippen LogP contribution in [0.15, 0.2) is 46.9 Å². The van der Waals surface area contributed by atoms with Crippen molar-refractivity contribution in [1.82, 2.24) is 10.2 Å². The van der Waals surface area contributed by atoms with Gasteiger partial charge in [0.1, 0.15) is 17.5 Å². The largest absolute Gasteiger partial charge is 0.497 e. The van der Waals surface area contributed by atoms with Crippen LogP contribution in [0.2, 0.25) is 0 Å². The molecule has 0 aliphatic carbocycles. The molecule has 0 fully saturated rings. The third-order valence-corrected chi connectivity index (χ3v) is 6.04. The molecule has 0 aromatic heterocycles. The minimum atomic E-state index is -0.650. The molecule has 2 rings (SSSR count). The molecular weight excluding hydrogens is 460 g/mol. The van der Waals surface area contributed by atoms with Crippen LogP contribution in [-0.2, 0) is 16.1 Å². The molecule has 0 saturated carbocycles. The Hall–Kier alpha value is -2.54. The van der Waals surface area contributed by atoms with Crippen molar-refractivity contribution in [3.63, 3.8) is 0 Å². The lowest BCUT2D eigenvalue weighted by Gasteiger charge is -2.29. The van der Waals surface area contributed by atoms with E-state index in [0.717, 1.165) is 22.0 Å². The second-order valence-electron chi connectivity index (χ2n) is 7.57. The van der Waals surface area contributed by atoms with Gasteiger partial charge in [0.05, 0.1) is 7.11 Å². The third kappa shape index (κ3) is 7.28. The molecule has 2 aromatic carbocycles. The number of amides is 2. The Morgan fingerprint density at radius 3 is 2.52 bits per heavy atom. The van der Waals surface area contributed by atoms with Crippen LogP contribution < -0.4 is 14.8 Å². The van der Waals surface area contributed by atoms with Crippen molar-refractivity contribution in [1.29, 1.82) is 0 Å².